The molecular weight excluding hydrogens is 266 g/mol. The van der Waals surface area contributed by atoms with E-state index in [2.05, 4.69) is 5.32 Å². The van der Waals surface area contributed by atoms with Crippen molar-refractivity contribution in [1.82, 2.24) is 4.90 Å². The molecule has 2 N–H and O–H groups in total. The fourth-order valence-electron chi connectivity index (χ4n) is 1.64. The number of carbonyl (C=O) groups is 1. The van der Waals surface area contributed by atoms with Crippen molar-refractivity contribution in [1.29, 1.82) is 0 Å². The van der Waals surface area contributed by atoms with Crippen LogP contribution in [0, 0.1) is 11.6 Å². The van der Waals surface area contributed by atoms with Gasteiger partial charge >= 0.3 is 0 Å². The zero-order chi connectivity index (χ0) is 15.3. The third-order valence-electron chi connectivity index (χ3n) is 3.09. The Bertz CT molecular complexity index is 457. The van der Waals surface area contributed by atoms with Crippen LogP contribution in [0.1, 0.15) is 30.6 Å². The molecule has 112 valence electrons. The number of nitrogens with one attached hydrogen (secondary N) is 1. The Balaban J connectivity index is 3.01. The smallest absolute Gasteiger partial charge is 0.254 e. The van der Waals surface area contributed by atoms with Crippen LogP contribution in [0.15, 0.2) is 12.1 Å². The molecular formula is C14H20F2N2O2. The molecule has 0 aromatic heterocycles. The lowest BCUT2D eigenvalue weighted by Crippen LogP contribution is -2.37. The molecule has 1 aromatic rings. The highest BCUT2D eigenvalue weighted by atomic mass is 19.1. The first-order valence-electron chi connectivity index (χ1n) is 6.53. The largest absolute Gasteiger partial charge is 0.394 e. The van der Waals surface area contributed by atoms with Gasteiger partial charge in [-0.25, -0.2) is 8.78 Å². The Morgan fingerprint density at radius 1 is 1.40 bits per heavy atom. The maximum Gasteiger partial charge on any atom is 0.254 e. The molecule has 0 radical (unpaired) electrons. The van der Waals surface area contributed by atoms with Gasteiger partial charge in [-0.05, 0) is 25.5 Å². The summed E-state index contributed by atoms with van der Waals surface area (Å²) in [5.41, 5.74) is -0.300. The molecule has 0 fully saturated rings. The average molecular weight is 286 g/mol. The third-order valence-corrected chi connectivity index (χ3v) is 3.09. The highest BCUT2D eigenvalue weighted by Gasteiger charge is 2.20. The fraction of sp³-hybridized carbons (Fsp3) is 0.500. The van der Waals surface area contributed by atoms with Gasteiger partial charge in [-0.3, -0.25) is 4.79 Å². The second-order valence-electron chi connectivity index (χ2n) is 4.69. The highest BCUT2D eigenvalue weighted by Crippen LogP contribution is 2.22. The molecule has 0 aliphatic heterocycles. The van der Waals surface area contributed by atoms with Gasteiger partial charge in [0.2, 0.25) is 0 Å². The summed E-state index contributed by atoms with van der Waals surface area (Å²) in [7, 11) is 1.47. The van der Waals surface area contributed by atoms with E-state index < -0.39 is 23.6 Å². The van der Waals surface area contributed by atoms with E-state index >= 15 is 0 Å². The molecule has 0 aliphatic rings. The first-order chi connectivity index (χ1) is 9.42. The normalized spacial score (nSPS) is 12.1. The summed E-state index contributed by atoms with van der Waals surface area (Å²) in [4.78, 5) is 13.3. The lowest BCUT2D eigenvalue weighted by molar-refractivity contribution is 0.0681. The number of amides is 1. The highest BCUT2D eigenvalue weighted by molar-refractivity contribution is 5.94. The van der Waals surface area contributed by atoms with Crippen LogP contribution in [0.25, 0.3) is 0 Å². The summed E-state index contributed by atoms with van der Waals surface area (Å²) in [5.74, 6) is -2.13. The predicted molar refractivity (Wildman–Crippen MR) is 73.8 cm³/mol. The van der Waals surface area contributed by atoms with E-state index in [1.54, 1.807) is 6.92 Å². The van der Waals surface area contributed by atoms with Crippen LogP contribution in [0.5, 0.6) is 0 Å². The lowest BCUT2D eigenvalue weighted by atomic mass is 10.1. The van der Waals surface area contributed by atoms with E-state index in [-0.39, 0.29) is 17.9 Å². The number of carbonyl (C=O) groups excluding carboxylic acids is 1. The van der Waals surface area contributed by atoms with Crippen molar-refractivity contribution in [3.8, 4) is 0 Å². The molecule has 0 bridgehead atoms. The minimum atomic E-state index is -0.799. The number of hydrogen-bond acceptors (Lipinski definition) is 3. The number of likely N-dealkylation sites (N-methyl/N-ethyl adjacent to an activating group) is 1. The number of nitrogens with zero attached hydrogens (tertiary/aromatic N) is 1. The number of aliphatic hydroxyl groups excluding tert-OH is 1. The van der Waals surface area contributed by atoms with Gasteiger partial charge < -0.3 is 15.3 Å². The quantitative estimate of drug-likeness (QED) is 0.843. The molecule has 1 rings (SSSR count). The van der Waals surface area contributed by atoms with Gasteiger partial charge in [0.25, 0.3) is 5.91 Å². The van der Waals surface area contributed by atoms with Crippen LogP contribution < -0.4 is 5.32 Å². The summed E-state index contributed by atoms with van der Waals surface area (Å²) >= 11 is 0. The Kier molecular flexibility index (Phi) is 5.88. The molecule has 1 aromatic carbocycles. The van der Waals surface area contributed by atoms with Crippen molar-refractivity contribution in [2.45, 2.75) is 26.3 Å². The molecule has 6 heteroatoms. The molecule has 1 atom stereocenters. The number of aliphatic hydroxyl groups is 1. The van der Waals surface area contributed by atoms with Crippen molar-refractivity contribution in [2.24, 2.45) is 0 Å². The lowest BCUT2D eigenvalue weighted by Gasteiger charge is -2.23. The second kappa shape index (κ2) is 7.19. The zero-order valence-corrected chi connectivity index (χ0v) is 11.9. The van der Waals surface area contributed by atoms with E-state index in [4.69, 9.17) is 5.11 Å². The number of rotatable bonds is 6. The van der Waals surface area contributed by atoms with Crippen molar-refractivity contribution >= 4 is 11.6 Å². The van der Waals surface area contributed by atoms with E-state index in [1.807, 2.05) is 6.92 Å². The Morgan fingerprint density at radius 3 is 2.40 bits per heavy atom. The Labute approximate surface area is 117 Å². The van der Waals surface area contributed by atoms with E-state index in [1.165, 1.54) is 11.9 Å². The van der Waals surface area contributed by atoms with Crippen molar-refractivity contribution < 1.29 is 18.7 Å². The van der Waals surface area contributed by atoms with Gasteiger partial charge in [0.15, 0.2) is 0 Å². The molecule has 0 aliphatic carbocycles. The summed E-state index contributed by atoms with van der Waals surface area (Å²) in [6.45, 7) is 3.75. The maximum atomic E-state index is 13.8. The van der Waals surface area contributed by atoms with E-state index in [0.717, 1.165) is 18.6 Å². The Morgan fingerprint density at radius 2 is 1.95 bits per heavy atom. The summed E-state index contributed by atoms with van der Waals surface area (Å²) in [6.07, 6.45) is 0.732. The van der Waals surface area contributed by atoms with Gasteiger partial charge in [0.05, 0.1) is 12.6 Å². The molecule has 0 spiro atoms. The van der Waals surface area contributed by atoms with Gasteiger partial charge in [-0.15, -0.1) is 0 Å². The number of anilines is 1. The molecule has 1 unspecified atom stereocenters. The Hall–Kier alpha value is -1.69. The second-order valence-corrected chi connectivity index (χ2v) is 4.69. The predicted octanol–water partition coefficient (Wildman–Crippen LogP) is 2.24. The van der Waals surface area contributed by atoms with Gasteiger partial charge in [-0.2, -0.15) is 0 Å². The van der Waals surface area contributed by atoms with Crippen molar-refractivity contribution in [3.05, 3.63) is 29.3 Å². The topological polar surface area (TPSA) is 52.6 Å². The zero-order valence-electron chi connectivity index (χ0n) is 11.9. The maximum absolute atomic E-state index is 13.8. The van der Waals surface area contributed by atoms with Gasteiger partial charge in [-0.1, -0.05) is 6.92 Å². The first kappa shape index (κ1) is 16.4. The molecule has 20 heavy (non-hydrogen) atoms. The minimum absolute atomic E-state index is 0.0788. The van der Waals surface area contributed by atoms with E-state index in [0.29, 0.717) is 6.54 Å². The number of hydrogen-bond donors (Lipinski definition) is 2. The monoisotopic (exact) mass is 286 g/mol. The SMILES string of the molecule is CCCNc1c(F)cc(C(=O)N(C)C(C)CO)cc1F. The van der Waals surface area contributed by atoms with Crippen LogP contribution >= 0.6 is 0 Å². The van der Waals surface area contributed by atoms with Gasteiger partial charge in [0.1, 0.15) is 17.3 Å². The van der Waals surface area contributed by atoms with Crippen LogP contribution in [0.3, 0.4) is 0 Å². The van der Waals surface area contributed by atoms with Crippen LogP contribution in [-0.4, -0.2) is 42.2 Å². The van der Waals surface area contributed by atoms with Crippen LogP contribution in [-0.2, 0) is 0 Å². The molecule has 4 nitrogen and oxygen atoms in total. The minimum Gasteiger partial charge on any atom is -0.394 e. The standard InChI is InChI=1S/C14H20F2N2O2/c1-4-5-17-13-11(15)6-10(7-12(13)16)14(20)18(3)9(2)8-19/h6-7,9,17,19H,4-5,8H2,1-3H3. The number of halogens is 2. The third kappa shape index (κ3) is 3.66. The average Bonchev–Trinajstić information content (AvgIpc) is 2.43. The molecule has 1 amide bonds. The summed E-state index contributed by atoms with van der Waals surface area (Å²) in [6, 6.07) is 1.58. The van der Waals surface area contributed by atoms with E-state index in [9.17, 15) is 13.6 Å². The number of benzene rings is 1. The van der Waals surface area contributed by atoms with Crippen molar-refractivity contribution in [2.75, 3.05) is 25.5 Å². The summed E-state index contributed by atoms with van der Waals surface area (Å²) in [5, 5.41) is 11.6. The van der Waals surface area contributed by atoms with Crippen LogP contribution in [0.4, 0.5) is 14.5 Å². The summed E-state index contributed by atoms with van der Waals surface area (Å²) < 4.78 is 27.6. The fourth-order valence-corrected chi connectivity index (χ4v) is 1.64. The molecule has 0 saturated carbocycles. The van der Waals surface area contributed by atoms with Gasteiger partial charge in [0, 0.05) is 19.2 Å². The van der Waals surface area contributed by atoms with Crippen LogP contribution in [0.2, 0.25) is 0 Å². The van der Waals surface area contributed by atoms with Crippen molar-refractivity contribution in [3.63, 3.8) is 0 Å². The molecule has 0 saturated heterocycles. The first-order valence-corrected chi connectivity index (χ1v) is 6.53. The molecule has 0 heterocycles.